The molecule has 5 nitrogen and oxygen atoms in total. The monoisotopic (exact) mass is 344 g/mol. The molecule has 0 aromatic heterocycles. The Kier molecular flexibility index (Phi) is 5.42. The van der Waals surface area contributed by atoms with E-state index in [1.165, 1.54) is 0 Å². The topological polar surface area (TPSA) is 49.9 Å². The molecule has 2 amide bonds. The Morgan fingerprint density at radius 3 is 2.56 bits per heavy atom. The second-order valence-electron chi connectivity index (χ2n) is 7.28. The lowest BCUT2D eigenvalue weighted by molar-refractivity contribution is -0.150. The molecule has 2 aliphatic rings. The van der Waals surface area contributed by atoms with Crippen LogP contribution in [0.1, 0.15) is 41.6 Å². The minimum Gasteiger partial charge on any atom is -0.383 e. The van der Waals surface area contributed by atoms with Crippen LogP contribution in [-0.4, -0.2) is 61.5 Å². The van der Waals surface area contributed by atoms with Gasteiger partial charge in [-0.25, -0.2) is 0 Å². The van der Waals surface area contributed by atoms with Crippen molar-refractivity contribution in [3.05, 3.63) is 35.4 Å². The maximum Gasteiger partial charge on any atom is 0.254 e. The third kappa shape index (κ3) is 3.56. The number of ether oxygens (including phenoxy) is 1. The Hall–Kier alpha value is -1.88. The van der Waals surface area contributed by atoms with Gasteiger partial charge in [-0.1, -0.05) is 18.2 Å². The standard InChI is InChI=1S/C20H28N2O3/c1-16-6-3-4-7-17(16)18(23)21-12-9-20(10-13-21)8-5-11-22(19(20)24)14-15-25-2/h3-4,6-7H,5,8-15H2,1-2H3. The highest BCUT2D eigenvalue weighted by Gasteiger charge is 2.46. The fourth-order valence-electron chi connectivity index (χ4n) is 4.15. The molecule has 1 spiro atoms. The van der Waals surface area contributed by atoms with Crippen molar-refractivity contribution in [1.82, 2.24) is 9.80 Å². The van der Waals surface area contributed by atoms with Crippen molar-refractivity contribution in [2.24, 2.45) is 5.41 Å². The van der Waals surface area contributed by atoms with E-state index in [9.17, 15) is 9.59 Å². The molecule has 2 saturated heterocycles. The molecule has 0 radical (unpaired) electrons. The van der Waals surface area contributed by atoms with Crippen LogP contribution in [0.4, 0.5) is 0 Å². The van der Waals surface area contributed by atoms with Crippen LogP contribution < -0.4 is 0 Å². The summed E-state index contributed by atoms with van der Waals surface area (Å²) >= 11 is 0. The molecule has 5 heteroatoms. The number of hydrogen-bond donors (Lipinski definition) is 0. The number of nitrogens with zero attached hydrogens (tertiary/aromatic N) is 2. The van der Waals surface area contributed by atoms with Gasteiger partial charge in [-0.15, -0.1) is 0 Å². The van der Waals surface area contributed by atoms with Crippen LogP contribution in [0, 0.1) is 12.3 Å². The van der Waals surface area contributed by atoms with E-state index in [-0.39, 0.29) is 17.2 Å². The average Bonchev–Trinajstić information content (AvgIpc) is 2.64. The van der Waals surface area contributed by atoms with Gasteiger partial charge in [0.2, 0.25) is 5.91 Å². The first kappa shape index (κ1) is 17.9. The smallest absolute Gasteiger partial charge is 0.254 e. The van der Waals surface area contributed by atoms with E-state index in [4.69, 9.17) is 4.74 Å². The van der Waals surface area contributed by atoms with Crippen molar-refractivity contribution in [3.8, 4) is 0 Å². The molecule has 136 valence electrons. The molecule has 0 saturated carbocycles. The number of rotatable bonds is 4. The number of aryl methyl sites for hydroxylation is 1. The molecular weight excluding hydrogens is 316 g/mol. The van der Waals surface area contributed by atoms with Crippen LogP contribution in [0.3, 0.4) is 0 Å². The summed E-state index contributed by atoms with van der Waals surface area (Å²) in [5.41, 5.74) is 1.51. The Morgan fingerprint density at radius 1 is 1.16 bits per heavy atom. The molecule has 0 N–H and O–H groups in total. The largest absolute Gasteiger partial charge is 0.383 e. The number of benzene rings is 1. The van der Waals surface area contributed by atoms with E-state index in [0.29, 0.717) is 26.2 Å². The van der Waals surface area contributed by atoms with Gasteiger partial charge in [0, 0.05) is 38.9 Å². The fourth-order valence-corrected chi connectivity index (χ4v) is 4.15. The number of carbonyl (C=O) groups excluding carboxylic acids is 2. The van der Waals surface area contributed by atoms with Crippen molar-refractivity contribution < 1.29 is 14.3 Å². The summed E-state index contributed by atoms with van der Waals surface area (Å²) in [6.45, 7) is 5.38. The molecule has 25 heavy (non-hydrogen) atoms. The average molecular weight is 344 g/mol. The van der Waals surface area contributed by atoms with Crippen molar-refractivity contribution in [1.29, 1.82) is 0 Å². The first-order chi connectivity index (χ1) is 12.1. The Morgan fingerprint density at radius 2 is 1.88 bits per heavy atom. The summed E-state index contributed by atoms with van der Waals surface area (Å²) in [5, 5.41) is 0. The zero-order chi connectivity index (χ0) is 17.9. The zero-order valence-electron chi connectivity index (χ0n) is 15.3. The summed E-state index contributed by atoms with van der Waals surface area (Å²) in [4.78, 5) is 29.6. The minimum absolute atomic E-state index is 0.0902. The van der Waals surface area contributed by atoms with E-state index in [1.807, 2.05) is 41.0 Å². The molecule has 1 aromatic rings. The van der Waals surface area contributed by atoms with E-state index >= 15 is 0 Å². The molecule has 2 fully saturated rings. The Labute approximate surface area is 149 Å². The Balaban J connectivity index is 1.65. The van der Waals surface area contributed by atoms with Crippen molar-refractivity contribution >= 4 is 11.8 Å². The van der Waals surface area contributed by atoms with Crippen LogP contribution in [-0.2, 0) is 9.53 Å². The third-order valence-electron chi connectivity index (χ3n) is 5.77. The summed E-state index contributed by atoms with van der Waals surface area (Å²) in [7, 11) is 1.67. The number of carbonyl (C=O) groups is 2. The first-order valence-corrected chi connectivity index (χ1v) is 9.21. The van der Waals surface area contributed by atoms with Crippen LogP contribution in [0.5, 0.6) is 0 Å². The minimum atomic E-state index is -0.269. The summed E-state index contributed by atoms with van der Waals surface area (Å²) < 4.78 is 5.13. The first-order valence-electron chi connectivity index (χ1n) is 9.21. The van der Waals surface area contributed by atoms with Gasteiger partial charge in [0.15, 0.2) is 0 Å². The number of likely N-dealkylation sites (tertiary alicyclic amines) is 2. The lowest BCUT2D eigenvalue weighted by Gasteiger charge is -2.46. The normalized spacial score (nSPS) is 20.2. The molecule has 1 aromatic carbocycles. The molecule has 0 atom stereocenters. The summed E-state index contributed by atoms with van der Waals surface area (Å²) in [5.74, 6) is 0.353. The van der Waals surface area contributed by atoms with Gasteiger partial charge < -0.3 is 14.5 Å². The molecule has 2 aliphatic heterocycles. The highest BCUT2D eigenvalue weighted by atomic mass is 16.5. The van der Waals surface area contributed by atoms with Gasteiger partial charge in [0.05, 0.1) is 12.0 Å². The van der Waals surface area contributed by atoms with Crippen molar-refractivity contribution in [3.63, 3.8) is 0 Å². The molecule has 0 aliphatic carbocycles. The molecular formula is C20H28N2O3. The predicted octanol–water partition coefficient (Wildman–Crippen LogP) is 2.49. The van der Waals surface area contributed by atoms with E-state index in [2.05, 4.69) is 0 Å². The van der Waals surface area contributed by atoms with Crippen LogP contribution >= 0.6 is 0 Å². The second kappa shape index (κ2) is 7.56. The van der Waals surface area contributed by atoms with E-state index < -0.39 is 0 Å². The fraction of sp³-hybridized carbons (Fsp3) is 0.600. The van der Waals surface area contributed by atoms with Gasteiger partial charge in [0.25, 0.3) is 5.91 Å². The van der Waals surface area contributed by atoms with Crippen LogP contribution in [0.15, 0.2) is 24.3 Å². The highest BCUT2D eigenvalue weighted by Crippen LogP contribution is 2.41. The third-order valence-corrected chi connectivity index (χ3v) is 5.77. The van der Waals surface area contributed by atoms with Crippen LogP contribution in [0.25, 0.3) is 0 Å². The number of piperidine rings is 2. The van der Waals surface area contributed by atoms with Gasteiger partial charge in [-0.2, -0.15) is 0 Å². The quantitative estimate of drug-likeness (QED) is 0.843. The van der Waals surface area contributed by atoms with Crippen LogP contribution in [0.2, 0.25) is 0 Å². The van der Waals surface area contributed by atoms with Gasteiger partial charge >= 0.3 is 0 Å². The lowest BCUT2D eigenvalue weighted by Crippen LogP contribution is -2.54. The van der Waals surface area contributed by atoms with E-state index in [1.54, 1.807) is 7.11 Å². The van der Waals surface area contributed by atoms with Crippen molar-refractivity contribution in [2.75, 3.05) is 39.9 Å². The number of hydrogen-bond acceptors (Lipinski definition) is 3. The number of methoxy groups -OCH3 is 1. The SMILES string of the molecule is COCCN1CCCC2(CCN(C(=O)c3ccccc3C)CC2)C1=O. The summed E-state index contributed by atoms with van der Waals surface area (Å²) in [6.07, 6.45) is 3.53. The maximum absolute atomic E-state index is 13.0. The van der Waals surface area contributed by atoms with Crippen molar-refractivity contribution in [2.45, 2.75) is 32.6 Å². The maximum atomic E-state index is 13.0. The molecule has 0 bridgehead atoms. The van der Waals surface area contributed by atoms with Gasteiger partial charge in [-0.3, -0.25) is 9.59 Å². The summed E-state index contributed by atoms with van der Waals surface area (Å²) in [6, 6.07) is 7.72. The van der Waals surface area contributed by atoms with Gasteiger partial charge in [0.1, 0.15) is 0 Å². The van der Waals surface area contributed by atoms with E-state index in [0.717, 1.165) is 43.4 Å². The van der Waals surface area contributed by atoms with Gasteiger partial charge in [-0.05, 0) is 44.2 Å². The Bertz CT molecular complexity index is 636. The molecule has 0 unspecified atom stereocenters. The molecule has 2 heterocycles. The lowest BCUT2D eigenvalue weighted by atomic mass is 9.71. The second-order valence-corrected chi connectivity index (χ2v) is 7.28. The highest BCUT2D eigenvalue weighted by molar-refractivity contribution is 5.96. The number of amides is 2. The predicted molar refractivity (Wildman–Crippen MR) is 96.4 cm³/mol. The molecule has 3 rings (SSSR count). The zero-order valence-corrected chi connectivity index (χ0v) is 15.3.